The van der Waals surface area contributed by atoms with Gasteiger partial charge in [0.1, 0.15) is 0 Å². The Balaban J connectivity index is 1.77. The molecular formula is C26H20Cl2N4O2. The normalized spacial score (nSPS) is 12.3. The van der Waals surface area contributed by atoms with Crippen LogP contribution in [0.3, 0.4) is 0 Å². The molecule has 0 atom stereocenters. The number of H-pyrrole nitrogens is 2. The van der Waals surface area contributed by atoms with Crippen molar-refractivity contribution in [2.24, 2.45) is 0 Å². The van der Waals surface area contributed by atoms with Crippen LogP contribution in [0.25, 0.3) is 46.4 Å². The quantitative estimate of drug-likeness (QED) is 0.283. The van der Waals surface area contributed by atoms with E-state index in [-0.39, 0.29) is 23.3 Å². The summed E-state index contributed by atoms with van der Waals surface area (Å²) >= 11 is 11.2. The summed E-state index contributed by atoms with van der Waals surface area (Å²) in [5, 5.41) is -0.762. The highest BCUT2D eigenvalue weighted by molar-refractivity contribution is 6.63. The van der Waals surface area contributed by atoms with Gasteiger partial charge in [-0.2, -0.15) is 0 Å². The van der Waals surface area contributed by atoms with Crippen LogP contribution >= 0.6 is 23.2 Å². The average molecular weight is 491 g/mol. The maximum Gasteiger partial charge on any atom is 0.221 e. The molecule has 2 N–H and O–H groups in total. The van der Waals surface area contributed by atoms with Crippen molar-refractivity contribution < 1.29 is 9.59 Å². The fourth-order valence-corrected chi connectivity index (χ4v) is 4.28. The number of rotatable bonds is 6. The molecule has 2 aliphatic heterocycles. The van der Waals surface area contributed by atoms with Gasteiger partial charge in [-0.25, -0.2) is 9.97 Å². The molecule has 170 valence electrons. The number of halogens is 2. The third-order valence-corrected chi connectivity index (χ3v) is 6.03. The van der Waals surface area contributed by atoms with E-state index in [2.05, 4.69) is 19.9 Å². The molecule has 8 heteroatoms. The number of hydrogen-bond donors (Lipinski definition) is 2. The Hall–Kier alpha value is -3.48. The maximum absolute atomic E-state index is 11.4. The van der Waals surface area contributed by atoms with Gasteiger partial charge in [-0.3, -0.25) is 9.59 Å². The van der Waals surface area contributed by atoms with Crippen molar-refractivity contribution in [1.29, 1.82) is 0 Å². The number of fused-ring (bicyclic) bond motifs is 8. The Morgan fingerprint density at radius 3 is 1.44 bits per heavy atom. The lowest BCUT2D eigenvalue weighted by atomic mass is 10.1. The van der Waals surface area contributed by atoms with E-state index in [1.807, 2.05) is 60.7 Å². The van der Waals surface area contributed by atoms with Crippen molar-refractivity contribution in [1.82, 2.24) is 19.9 Å². The van der Waals surface area contributed by atoms with Crippen LogP contribution in [-0.2, 0) is 22.4 Å². The fourth-order valence-electron chi connectivity index (χ4n) is 4.09. The summed E-state index contributed by atoms with van der Waals surface area (Å²) in [5.74, 6) is 0. The van der Waals surface area contributed by atoms with Crippen molar-refractivity contribution in [2.75, 3.05) is 0 Å². The van der Waals surface area contributed by atoms with Crippen LogP contribution in [0.4, 0.5) is 0 Å². The number of aromatic nitrogens is 4. The van der Waals surface area contributed by atoms with Gasteiger partial charge in [-0.1, -0.05) is 0 Å². The lowest BCUT2D eigenvalue weighted by Gasteiger charge is -1.96. The zero-order chi connectivity index (χ0) is 23.7. The number of carbonyl (C=O) groups is 2. The molecule has 2 aliphatic rings. The summed E-state index contributed by atoms with van der Waals surface area (Å²) in [4.78, 5) is 39.0. The molecule has 0 saturated carbocycles. The van der Waals surface area contributed by atoms with Crippen molar-refractivity contribution in [3.63, 3.8) is 0 Å². The topological polar surface area (TPSA) is 91.5 Å². The highest BCUT2D eigenvalue weighted by Gasteiger charge is 2.09. The van der Waals surface area contributed by atoms with E-state index in [0.29, 0.717) is 12.8 Å². The van der Waals surface area contributed by atoms with E-state index in [9.17, 15) is 9.59 Å². The summed E-state index contributed by atoms with van der Waals surface area (Å²) in [6, 6.07) is 11.8. The van der Waals surface area contributed by atoms with E-state index < -0.39 is 0 Å². The number of nitrogens with one attached hydrogen (secondary N) is 2. The summed E-state index contributed by atoms with van der Waals surface area (Å²) in [5.41, 5.74) is 8.64. The van der Waals surface area contributed by atoms with Gasteiger partial charge in [0.15, 0.2) is 0 Å². The van der Waals surface area contributed by atoms with Crippen LogP contribution in [0.2, 0.25) is 0 Å². The monoisotopic (exact) mass is 490 g/mol. The molecule has 34 heavy (non-hydrogen) atoms. The van der Waals surface area contributed by atoms with E-state index in [0.717, 1.165) is 56.0 Å². The van der Waals surface area contributed by atoms with Crippen molar-refractivity contribution in [2.45, 2.75) is 25.7 Å². The SMILES string of the molecule is O=C(Cl)CCc1cc2cc3nc(cc4nc(cc5cc(CCC(=O)Cl)c(cc1[nH]2)[nH]5)C=C4)C=C3. The minimum absolute atomic E-state index is 0.232. The third-order valence-electron chi connectivity index (χ3n) is 5.65. The number of aryl methyl sites for hydroxylation is 2. The molecule has 5 heterocycles. The van der Waals surface area contributed by atoms with Crippen molar-refractivity contribution in [3.8, 4) is 0 Å². The molecule has 0 spiro atoms. The van der Waals surface area contributed by atoms with Gasteiger partial charge in [0.2, 0.25) is 10.5 Å². The maximum atomic E-state index is 11.4. The first-order valence-corrected chi connectivity index (χ1v) is 11.6. The Kier molecular flexibility index (Phi) is 6.18. The molecule has 3 aromatic heterocycles. The molecule has 0 radical (unpaired) electrons. The molecule has 3 aromatic rings. The van der Waals surface area contributed by atoms with Gasteiger partial charge >= 0.3 is 0 Å². The van der Waals surface area contributed by atoms with E-state index in [1.54, 1.807) is 0 Å². The van der Waals surface area contributed by atoms with Crippen LogP contribution in [0.15, 0.2) is 36.4 Å². The van der Waals surface area contributed by atoms with E-state index in [1.165, 1.54) is 0 Å². The second-order valence-electron chi connectivity index (χ2n) is 8.20. The molecule has 0 saturated heterocycles. The van der Waals surface area contributed by atoms with Crippen LogP contribution in [0.5, 0.6) is 0 Å². The molecule has 6 nitrogen and oxygen atoms in total. The number of nitrogens with zero attached hydrogens (tertiary/aromatic N) is 2. The minimum atomic E-state index is -0.381. The minimum Gasteiger partial charge on any atom is -0.355 e. The predicted octanol–water partition coefficient (Wildman–Crippen LogP) is 6.05. The molecule has 0 aromatic carbocycles. The van der Waals surface area contributed by atoms with Gasteiger partial charge in [-0.05, 0) is 108 Å². The first-order valence-electron chi connectivity index (χ1n) is 10.9. The first kappa shape index (κ1) is 22.3. The number of hydrogen-bond acceptors (Lipinski definition) is 4. The molecule has 0 aliphatic carbocycles. The first-order chi connectivity index (χ1) is 16.4. The van der Waals surface area contributed by atoms with E-state index in [4.69, 9.17) is 23.2 Å². The lowest BCUT2D eigenvalue weighted by Crippen LogP contribution is -1.91. The highest BCUT2D eigenvalue weighted by Crippen LogP contribution is 2.23. The molecular weight excluding hydrogens is 471 g/mol. The van der Waals surface area contributed by atoms with Crippen LogP contribution in [0, 0.1) is 0 Å². The van der Waals surface area contributed by atoms with Crippen molar-refractivity contribution >= 4 is 80.1 Å². The van der Waals surface area contributed by atoms with Gasteiger partial charge in [0.25, 0.3) is 0 Å². The number of carbonyl (C=O) groups excluding carboxylic acids is 2. The molecule has 8 bridgehead atoms. The Bertz CT molecular complexity index is 1420. The third kappa shape index (κ3) is 5.19. The van der Waals surface area contributed by atoms with Gasteiger partial charge in [-0.15, -0.1) is 0 Å². The summed E-state index contributed by atoms with van der Waals surface area (Å²) < 4.78 is 0. The van der Waals surface area contributed by atoms with E-state index >= 15 is 0 Å². The smallest absolute Gasteiger partial charge is 0.221 e. The summed E-state index contributed by atoms with van der Waals surface area (Å²) in [7, 11) is 0. The standard InChI is InChI=1S/C26H20Cl2N4O2/c27-25(33)7-1-15-9-21-12-19-5-3-17(29-19)11-18-4-6-20(30-18)13-22-10-16(2-8-26(28)34)24(32-22)14-23(15)31-21/h3-6,9-14,31-32H,1-2,7-8H2. The van der Waals surface area contributed by atoms with Crippen LogP contribution in [-0.4, -0.2) is 30.4 Å². The highest BCUT2D eigenvalue weighted by atomic mass is 35.5. The molecule has 0 amide bonds. The average Bonchev–Trinajstić information content (AvgIpc) is 3.55. The molecule has 0 fully saturated rings. The second kappa shape index (κ2) is 9.41. The zero-order valence-electron chi connectivity index (χ0n) is 18.1. The fraction of sp³-hybridized carbons (Fsp3) is 0.154. The van der Waals surface area contributed by atoms with Crippen LogP contribution in [0.1, 0.15) is 46.7 Å². The molecule has 0 unspecified atom stereocenters. The Morgan fingerprint density at radius 1 is 0.618 bits per heavy atom. The van der Waals surface area contributed by atoms with Crippen LogP contribution < -0.4 is 0 Å². The summed E-state index contributed by atoms with van der Waals surface area (Å²) in [6.07, 6.45) is 9.26. The molecule has 5 rings (SSSR count). The van der Waals surface area contributed by atoms with Crippen molar-refractivity contribution in [3.05, 3.63) is 70.3 Å². The zero-order valence-corrected chi connectivity index (χ0v) is 19.6. The Morgan fingerprint density at radius 2 is 1.03 bits per heavy atom. The number of aromatic amines is 2. The lowest BCUT2D eigenvalue weighted by molar-refractivity contribution is -0.112. The summed E-state index contributed by atoms with van der Waals surface area (Å²) in [6.45, 7) is 0. The predicted molar refractivity (Wildman–Crippen MR) is 137 cm³/mol. The van der Waals surface area contributed by atoms with Gasteiger partial charge < -0.3 is 9.97 Å². The largest absolute Gasteiger partial charge is 0.355 e. The van der Waals surface area contributed by atoms with Gasteiger partial charge in [0, 0.05) is 34.9 Å². The second-order valence-corrected chi connectivity index (χ2v) is 9.05. The Labute approximate surface area is 205 Å². The van der Waals surface area contributed by atoms with Gasteiger partial charge in [0.05, 0.1) is 22.8 Å².